The fourth-order valence-electron chi connectivity index (χ4n) is 2.80. The number of rotatable bonds is 5. The van der Waals surface area contributed by atoms with Crippen LogP contribution in [0.15, 0.2) is 36.4 Å². The Kier molecular flexibility index (Phi) is 4.64. The molecule has 0 fully saturated rings. The average molecular weight is 335 g/mol. The molecule has 0 aliphatic heterocycles. The highest BCUT2D eigenvalue weighted by Crippen LogP contribution is 2.23. The Morgan fingerprint density at radius 3 is 2.74 bits per heavy atom. The van der Waals surface area contributed by atoms with Gasteiger partial charge in [0.05, 0.1) is 0 Å². The molecular weight excluding hydrogens is 318 g/mol. The van der Waals surface area contributed by atoms with Crippen molar-refractivity contribution in [2.75, 3.05) is 6.54 Å². The summed E-state index contributed by atoms with van der Waals surface area (Å²) in [6.07, 6.45) is 0.724. The maximum absolute atomic E-state index is 13.7. The summed E-state index contributed by atoms with van der Waals surface area (Å²) in [6, 6.07) is 9.39. The van der Waals surface area contributed by atoms with Crippen molar-refractivity contribution in [3.63, 3.8) is 0 Å². The molecule has 120 valence electrons. The van der Waals surface area contributed by atoms with Gasteiger partial charge >= 0.3 is 0 Å². The third-order valence-electron chi connectivity index (χ3n) is 4.00. The topological polar surface area (TPSA) is 27.8 Å². The molecule has 0 spiro atoms. The Hall–Kier alpha value is -1.91. The summed E-state index contributed by atoms with van der Waals surface area (Å²) in [4.78, 5) is 3.26. The van der Waals surface area contributed by atoms with Gasteiger partial charge in [-0.15, -0.1) is 0 Å². The number of nitrogens with one attached hydrogen (secondary N) is 2. The molecule has 3 rings (SSSR count). The van der Waals surface area contributed by atoms with E-state index in [1.165, 1.54) is 12.1 Å². The molecular formula is C18H17ClF2N2. The zero-order chi connectivity index (χ0) is 16.4. The Labute approximate surface area is 138 Å². The molecule has 23 heavy (non-hydrogen) atoms. The van der Waals surface area contributed by atoms with Gasteiger partial charge in [-0.25, -0.2) is 8.78 Å². The van der Waals surface area contributed by atoms with Gasteiger partial charge in [0.15, 0.2) is 0 Å². The maximum atomic E-state index is 13.7. The minimum absolute atomic E-state index is 0.246. The van der Waals surface area contributed by atoms with E-state index in [0.717, 1.165) is 28.6 Å². The lowest BCUT2D eigenvalue weighted by atomic mass is 10.1. The van der Waals surface area contributed by atoms with E-state index >= 15 is 0 Å². The molecule has 1 heterocycles. The Morgan fingerprint density at radius 1 is 1.13 bits per heavy atom. The summed E-state index contributed by atoms with van der Waals surface area (Å²) in [5.74, 6) is -0.556. The first-order valence-corrected chi connectivity index (χ1v) is 7.84. The van der Waals surface area contributed by atoms with Crippen LogP contribution in [0.3, 0.4) is 0 Å². The highest BCUT2D eigenvalue weighted by molar-refractivity contribution is 6.31. The first-order valence-electron chi connectivity index (χ1n) is 7.46. The van der Waals surface area contributed by atoms with E-state index in [4.69, 9.17) is 11.6 Å². The molecule has 2 aromatic carbocycles. The predicted octanol–water partition coefficient (Wildman–Crippen LogP) is 4.74. The van der Waals surface area contributed by atoms with Crippen molar-refractivity contribution in [3.05, 3.63) is 69.9 Å². The fraction of sp³-hybridized carbons (Fsp3) is 0.222. The zero-order valence-electron chi connectivity index (χ0n) is 12.7. The Bertz CT molecular complexity index is 822. The zero-order valence-corrected chi connectivity index (χ0v) is 13.5. The molecule has 0 saturated heterocycles. The van der Waals surface area contributed by atoms with Gasteiger partial charge in [0, 0.05) is 33.7 Å². The van der Waals surface area contributed by atoms with Crippen molar-refractivity contribution in [2.24, 2.45) is 0 Å². The number of aryl methyl sites for hydroxylation is 1. The SMILES string of the molecule is Cc1[nH]c2ccc(F)cc2c1CCNCc1c(F)cccc1Cl. The van der Waals surface area contributed by atoms with Crippen molar-refractivity contribution >= 4 is 22.5 Å². The summed E-state index contributed by atoms with van der Waals surface area (Å²) >= 11 is 6.00. The molecule has 0 unspecified atom stereocenters. The highest BCUT2D eigenvalue weighted by atomic mass is 35.5. The number of halogens is 3. The van der Waals surface area contributed by atoms with Gasteiger partial charge in [0.1, 0.15) is 11.6 Å². The second-order valence-corrected chi connectivity index (χ2v) is 5.95. The summed E-state index contributed by atoms with van der Waals surface area (Å²) in [7, 11) is 0. The van der Waals surface area contributed by atoms with Crippen LogP contribution in [0.5, 0.6) is 0 Å². The lowest BCUT2D eigenvalue weighted by Crippen LogP contribution is -2.18. The summed E-state index contributed by atoms with van der Waals surface area (Å²) in [5, 5.41) is 4.51. The summed E-state index contributed by atoms with van der Waals surface area (Å²) in [6.45, 7) is 2.98. The van der Waals surface area contributed by atoms with E-state index in [-0.39, 0.29) is 11.6 Å². The highest BCUT2D eigenvalue weighted by Gasteiger charge is 2.10. The molecule has 3 aromatic rings. The smallest absolute Gasteiger partial charge is 0.129 e. The van der Waals surface area contributed by atoms with Gasteiger partial charge in [0.25, 0.3) is 0 Å². The molecule has 1 aromatic heterocycles. The second kappa shape index (κ2) is 6.69. The largest absolute Gasteiger partial charge is 0.358 e. The Morgan fingerprint density at radius 2 is 1.96 bits per heavy atom. The molecule has 5 heteroatoms. The summed E-state index contributed by atoms with van der Waals surface area (Å²) in [5.41, 5.74) is 3.50. The van der Waals surface area contributed by atoms with E-state index < -0.39 is 0 Å². The average Bonchev–Trinajstić information content (AvgIpc) is 2.81. The molecule has 0 radical (unpaired) electrons. The number of hydrogen-bond acceptors (Lipinski definition) is 1. The van der Waals surface area contributed by atoms with Crippen LogP contribution in [0.4, 0.5) is 8.78 Å². The van der Waals surface area contributed by atoms with Crippen LogP contribution in [-0.2, 0) is 13.0 Å². The molecule has 2 N–H and O–H groups in total. The van der Waals surface area contributed by atoms with Crippen molar-refractivity contribution in [1.29, 1.82) is 0 Å². The number of aromatic amines is 1. The fourth-order valence-corrected chi connectivity index (χ4v) is 3.03. The second-order valence-electron chi connectivity index (χ2n) is 5.55. The predicted molar refractivity (Wildman–Crippen MR) is 89.8 cm³/mol. The number of fused-ring (bicyclic) bond motifs is 1. The van der Waals surface area contributed by atoms with Crippen LogP contribution in [-0.4, -0.2) is 11.5 Å². The number of benzene rings is 2. The van der Waals surface area contributed by atoms with Gasteiger partial charge in [0.2, 0.25) is 0 Å². The monoisotopic (exact) mass is 334 g/mol. The van der Waals surface area contributed by atoms with Gasteiger partial charge < -0.3 is 10.3 Å². The van der Waals surface area contributed by atoms with Crippen molar-refractivity contribution in [3.8, 4) is 0 Å². The van der Waals surface area contributed by atoms with Gasteiger partial charge in [-0.2, -0.15) is 0 Å². The molecule has 2 nitrogen and oxygen atoms in total. The lowest BCUT2D eigenvalue weighted by Gasteiger charge is -2.08. The first-order chi connectivity index (χ1) is 11.1. The molecule has 0 aliphatic rings. The van der Waals surface area contributed by atoms with E-state index in [1.54, 1.807) is 24.3 Å². The summed E-state index contributed by atoms with van der Waals surface area (Å²) < 4.78 is 27.1. The minimum atomic E-state index is -0.310. The van der Waals surface area contributed by atoms with Crippen LogP contribution in [0.2, 0.25) is 5.02 Å². The van der Waals surface area contributed by atoms with Crippen molar-refractivity contribution in [2.45, 2.75) is 19.9 Å². The van der Waals surface area contributed by atoms with E-state index in [0.29, 0.717) is 23.7 Å². The van der Waals surface area contributed by atoms with Crippen molar-refractivity contribution in [1.82, 2.24) is 10.3 Å². The molecule has 0 atom stereocenters. The first kappa shape index (κ1) is 16.0. The number of H-pyrrole nitrogens is 1. The molecule has 0 aliphatic carbocycles. The van der Waals surface area contributed by atoms with Gasteiger partial charge in [-0.1, -0.05) is 17.7 Å². The van der Waals surface area contributed by atoms with Crippen LogP contribution in [0.25, 0.3) is 10.9 Å². The van der Waals surface area contributed by atoms with E-state index in [9.17, 15) is 8.78 Å². The standard InChI is InChI=1S/C18H17ClF2N2/c1-11-13(14-9-12(20)5-6-18(14)23-11)7-8-22-10-15-16(19)3-2-4-17(15)21/h2-6,9,22-23H,7-8,10H2,1H3. The lowest BCUT2D eigenvalue weighted by molar-refractivity contribution is 0.588. The molecule has 0 bridgehead atoms. The molecule has 0 saturated carbocycles. The molecule has 0 amide bonds. The quantitative estimate of drug-likeness (QED) is 0.648. The third kappa shape index (κ3) is 3.38. The Balaban J connectivity index is 1.67. The number of hydrogen-bond donors (Lipinski definition) is 2. The van der Waals surface area contributed by atoms with Crippen LogP contribution < -0.4 is 5.32 Å². The van der Waals surface area contributed by atoms with Crippen LogP contribution in [0.1, 0.15) is 16.8 Å². The number of aromatic nitrogens is 1. The maximum Gasteiger partial charge on any atom is 0.129 e. The van der Waals surface area contributed by atoms with Crippen molar-refractivity contribution < 1.29 is 8.78 Å². The van der Waals surface area contributed by atoms with E-state index in [1.807, 2.05) is 6.92 Å². The minimum Gasteiger partial charge on any atom is -0.358 e. The van der Waals surface area contributed by atoms with E-state index in [2.05, 4.69) is 10.3 Å². The third-order valence-corrected chi connectivity index (χ3v) is 4.35. The van der Waals surface area contributed by atoms with Crippen LogP contribution >= 0.6 is 11.6 Å². The van der Waals surface area contributed by atoms with Gasteiger partial charge in [-0.3, -0.25) is 0 Å². The van der Waals surface area contributed by atoms with Crippen LogP contribution in [0, 0.1) is 18.6 Å². The normalized spacial score (nSPS) is 11.3. The van der Waals surface area contributed by atoms with Gasteiger partial charge in [-0.05, 0) is 55.8 Å².